The first-order chi connectivity index (χ1) is 10.5. The van der Waals surface area contributed by atoms with Crippen LogP contribution in [0, 0.1) is 12.7 Å². The molecule has 0 radical (unpaired) electrons. The van der Waals surface area contributed by atoms with Crippen molar-refractivity contribution in [3.8, 4) is 0 Å². The van der Waals surface area contributed by atoms with Crippen molar-refractivity contribution >= 4 is 41.7 Å². The first-order valence-corrected chi connectivity index (χ1v) is 8.75. The zero-order chi connectivity index (χ0) is 16.0. The minimum Gasteiger partial charge on any atom is -0.387 e. The first kappa shape index (κ1) is 20.5. The van der Waals surface area contributed by atoms with Gasteiger partial charge in [0, 0.05) is 18.8 Å². The zero-order valence-corrected chi connectivity index (χ0v) is 16.7. The molecular formula is C16H25FIN3OS. The van der Waals surface area contributed by atoms with Gasteiger partial charge in [-0.2, -0.15) is 11.8 Å². The summed E-state index contributed by atoms with van der Waals surface area (Å²) in [7, 11) is 0. The van der Waals surface area contributed by atoms with E-state index in [0.717, 1.165) is 30.0 Å². The highest BCUT2D eigenvalue weighted by Crippen LogP contribution is 2.26. The van der Waals surface area contributed by atoms with Crippen LogP contribution in [0.1, 0.15) is 24.5 Å². The maximum absolute atomic E-state index is 13.5. The number of nitrogens with zero attached hydrogens (tertiary/aromatic N) is 1. The van der Waals surface area contributed by atoms with E-state index in [-0.39, 0.29) is 29.8 Å². The summed E-state index contributed by atoms with van der Waals surface area (Å²) in [6, 6.07) is 5.16. The van der Waals surface area contributed by atoms with Crippen molar-refractivity contribution in [2.75, 3.05) is 24.6 Å². The summed E-state index contributed by atoms with van der Waals surface area (Å²) < 4.78 is 13.5. The van der Waals surface area contributed by atoms with Crippen LogP contribution in [0.3, 0.4) is 0 Å². The number of guanidine groups is 1. The van der Waals surface area contributed by atoms with Crippen LogP contribution in [0.2, 0.25) is 0 Å². The third-order valence-electron chi connectivity index (χ3n) is 3.67. The van der Waals surface area contributed by atoms with Crippen LogP contribution in [0.25, 0.3) is 0 Å². The second-order valence-electron chi connectivity index (χ2n) is 5.66. The van der Waals surface area contributed by atoms with Crippen LogP contribution in [-0.2, 0) is 6.54 Å². The monoisotopic (exact) mass is 453 g/mol. The number of hydrogen-bond acceptors (Lipinski definition) is 3. The first-order valence-electron chi connectivity index (χ1n) is 7.60. The Hall–Kier alpha value is -0.540. The molecule has 1 aromatic rings. The quantitative estimate of drug-likeness (QED) is 0.365. The van der Waals surface area contributed by atoms with Gasteiger partial charge in [-0.3, -0.25) is 0 Å². The fraction of sp³-hybridized carbons (Fsp3) is 0.562. The molecule has 0 spiro atoms. The predicted octanol–water partition coefficient (Wildman–Crippen LogP) is 2.68. The summed E-state index contributed by atoms with van der Waals surface area (Å²) in [6.45, 7) is 5.35. The van der Waals surface area contributed by atoms with Crippen molar-refractivity contribution in [2.24, 2.45) is 4.99 Å². The molecule has 1 aromatic carbocycles. The van der Waals surface area contributed by atoms with Crippen LogP contribution >= 0.6 is 35.7 Å². The summed E-state index contributed by atoms with van der Waals surface area (Å²) >= 11 is 1.77. The fourth-order valence-corrected chi connectivity index (χ4v) is 3.53. The lowest BCUT2D eigenvalue weighted by Gasteiger charge is -2.23. The molecule has 1 fully saturated rings. The predicted molar refractivity (Wildman–Crippen MR) is 106 cm³/mol. The fourth-order valence-electron chi connectivity index (χ4n) is 2.23. The van der Waals surface area contributed by atoms with E-state index in [4.69, 9.17) is 0 Å². The molecule has 1 aliphatic heterocycles. The van der Waals surface area contributed by atoms with Gasteiger partial charge in [-0.05, 0) is 43.2 Å². The van der Waals surface area contributed by atoms with Gasteiger partial charge >= 0.3 is 0 Å². The number of aliphatic hydroxyl groups is 1. The average molecular weight is 453 g/mol. The molecule has 1 aliphatic rings. The Morgan fingerprint density at radius 2 is 2.22 bits per heavy atom. The molecule has 1 atom stereocenters. The van der Waals surface area contributed by atoms with E-state index in [9.17, 15) is 9.50 Å². The minimum atomic E-state index is -0.656. The molecule has 4 nitrogen and oxygen atoms in total. The highest BCUT2D eigenvalue weighted by molar-refractivity contribution is 14.0. The van der Waals surface area contributed by atoms with Gasteiger partial charge in [-0.1, -0.05) is 12.1 Å². The van der Waals surface area contributed by atoms with Gasteiger partial charge in [0.15, 0.2) is 5.96 Å². The molecule has 1 heterocycles. The molecule has 23 heavy (non-hydrogen) atoms. The molecule has 130 valence electrons. The Morgan fingerprint density at radius 1 is 1.43 bits per heavy atom. The van der Waals surface area contributed by atoms with E-state index in [2.05, 4.69) is 15.6 Å². The van der Waals surface area contributed by atoms with E-state index in [1.165, 1.54) is 6.07 Å². The maximum Gasteiger partial charge on any atom is 0.191 e. The number of thioether (sulfide) groups is 1. The van der Waals surface area contributed by atoms with E-state index in [1.54, 1.807) is 24.8 Å². The summed E-state index contributed by atoms with van der Waals surface area (Å²) in [5.41, 5.74) is 0.811. The molecule has 0 amide bonds. The lowest BCUT2D eigenvalue weighted by atomic mass is 10.0. The van der Waals surface area contributed by atoms with E-state index >= 15 is 0 Å². The Morgan fingerprint density at radius 3 is 2.83 bits per heavy atom. The highest BCUT2D eigenvalue weighted by Gasteiger charge is 2.31. The van der Waals surface area contributed by atoms with Crippen LogP contribution in [0.15, 0.2) is 23.2 Å². The molecule has 0 aliphatic carbocycles. The topological polar surface area (TPSA) is 56.7 Å². The number of rotatable bonds is 5. The van der Waals surface area contributed by atoms with Gasteiger partial charge < -0.3 is 15.7 Å². The SMILES string of the molecule is CCNC(=NCc1ccc(C)c(F)c1)NCC1(O)CCSC1.I. The van der Waals surface area contributed by atoms with Crippen molar-refractivity contribution < 1.29 is 9.50 Å². The van der Waals surface area contributed by atoms with E-state index in [0.29, 0.717) is 24.6 Å². The average Bonchev–Trinajstić information content (AvgIpc) is 2.93. The van der Waals surface area contributed by atoms with Crippen molar-refractivity contribution in [1.82, 2.24) is 10.6 Å². The number of aliphatic imine (C=N–C) groups is 1. The van der Waals surface area contributed by atoms with Crippen LogP contribution in [0.4, 0.5) is 4.39 Å². The maximum atomic E-state index is 13.5. The third-order valence-corrected chi connectivity index (χ3v) is 4.90. The Balaban J connectivity index is 0.00000264. The summed E-state index contributed by atoms with van der Waals surface area (Å²) in [6.07, 6.45) is 0.799. The number of halogens is 2. The normalized spacial score (nSPS) is 21.0. The van der Waals surface area contributed by atoms with Gasteiger partial charge in [0.2, 0.25) is 0 Å². The second kappa shape index (κ2) is 9.68. The van der Waals surface area contributed by atoms with Crippen molar-refractivity contribution in [1.29, 1.82) is 0 Å². The Labute approximate surface area is 158 Å². The highest BCUT2D eigenvalue weighted by atomic mass is 127. The Bertz CT molecular complexity index is 536. The van der Waals surface area contributed by atoms with Gasteiger partial charge in [0.05, 0.1) is 12.1 Å². The van der Waals surface area contributed by atoms with E-state index in [1.807, 2.05) is 13.0 Å². The number of benzene rings is 1. The molecule has 0 bridgehead atoms. The molecule has 3 N–H and O–H groups in total. The molecule has 1 saturated heterocycles. The largest absolute Gasteiger partial charge is 0.387 e. The minimum absolute atomic E-state index is 0. The smallest absolute Gasteiger partial charge is 0.191 e. The zero-order valence-electron chi connectivity index (χ0n) is 13.6. The van der Waals surface area contributed by atoms with Gasteiger partial charge in [0.25, 0.3) is 0 Å². The molecule has 0 saturated carbocycles. The van der Waals surface area contributed by atoms with Gasteiger partial charge in [-0.15, -0.1) is 24.0 Å². The van der Waals surface area contributed by atoms with Crippen molar-refractivity contribution in [3.63, 3.8) is 0 Å². The van der Waals surface area contributed by atoms with Crippen molar-refractivity contribution in [2.45, 2.75) is 32.4 Å². The van der Waals surface area contributed by atoms with Gasteiger partial charge in [-0.25, -0.2) is 9.38 Å². The van der Waals surface area contributed by atoms with E-state index < -0.39 is 5.60 Å². The number of nitrogens with one attached hydrogen (secondary N) is 2. The third kappa shape index (κ3) is 6.46. The summed E-state index contributed by atoms with van der Waals surface area (Å²) in [4.78, 5) is 4.46. The Kier molecular flexibility index (Phi) is 8.63. The lowest BCUT2D eigenvalue weighted by molar-refractivity contribution is 0.0724. The number of aryl methyl sites for hydroxylation is 1. The van der Waals surface area contributed by atoms with Crippen LogP contribution in [-0.4, -0.2) is 41.3 Å². The standard InChI is InChI=1S/C16H24FN3OS.HI/c1-3-18-15(20-10-16(21)6-7-22-11-16)19-9-13-5-4-12(2)14(17)8-13;/h4-5,8,21H,3,6-7,9-11H2,1-2H3,(H2,18,19,20);1H. The summed E-state index contributed by atoms with van der Waals surface area (Å²) in [5, 5.41) is 16.7. The number of hydrogen-bond donors (Lipinski definition) is 3. The second-order valence-corrected chi connectivity index (χ2v) is 6.76. The molecule has 1 unspecified atom stereocenters. The van der Waals surface area contributed by atoms with Crippen LogP contribution in [0.5, 0.6) is 0 Å². The summed E-state index contributed by atoms with van der Waals surface area (Å²) in [5.74, 6) is 2.19. The van der Waals surface area contributed by atoms with Crippen LogP contribution < -0.4 is 10.6 Å². The molecule has 7 heteroatoms. The molecule has 2 rings (SSSR count). The lowest BCUT2D eigenvalue weighted by Crippen LogP contribution is -2.47. The molecular weight excluding hydrogens is 428 g/mol. The van der Waals surface area contributed by atoms with Gasteiger partial charge in [0.1, 0.15) is 5.82 Å². The van der Waals surface area contributed by atoms with Crippen molar-refractivity contribution in [3.05, 3.63) is 35.1 Å². The molecule has 0 aromatic heterocycles.